The summed E-state index contributed by atoms with van der Waals surface area (Å²) < 4.78 is 38.3. The summed E-state index contributed by atoms with van der Waals surface area (Å²) in [7, 11) is 1.46. The molecule has 3 rings (SSSR count). The summed E-state index contributed by atoms with van der Waals surface area (Å²) in [6, 6.07) is 6.77. The highest BCUT2D eigenvalue weighted by Gasteiger charge is 2.60. The first-order chi connectivity index (χ1) is 9.98. The number of ether oxygens (including phenoxy) is 1. The molecule has 0 spiro atoms. The first kappa shape index (κ1) is 13.9. The standard InChI is InChI=1S/C14H14F2N2O3/c1-20-10-6-3-2-5-9(10)11-17-12(21-18-11)14(15,16)13(19)7-4-8-13/h2-3,5-6,19H,4,7-8H2,1H3. The minimum atomic E-state index is -3.56. The molecule has 0 bridgehead atoms. The van der Waals surface area contributed by atoms with Crippen molar-refractivity contribution < 1.29 is 23.1 Å². The van der Waals surface area contributed by atoms with Crippen molar-refractivity contribution in [3.63, 3.8) is 0 Å². The number of hydrogen-bond donors (Lipinski definition) is 1. The molecule has 1 aliphatic rings. The number of aromatic nitrogens is 2. The molecule has 7 heteroatoms. The fourth-order valence-electron chi connectivity index (χ4n) is 2.31. The largest absolute Gasteiger partial charge is 0.496 e. The molecule has 0 unspecified atom stereocenters. The fourth-order valence-corrected chi connectivity index (χ4v) is 2.31. The minimum absolute atomic E-state index is 0.00467. The molecule has 21 heavy (non-hydrogen) atoms. The van der Waals surface area contributed by atoms with Crippen LogP contribution in [0, 0.1) is 0 Å². The Kier molecular flexibility index (Phi) is 3.16. The molecule has 0 aliphatic heterocycles. The van der Waals surface area contributed by atoms with Crippen LogP contribution in [-0.2, 0) is 5.92 Å². The van der Waals surface area contributed by atoms with Gasteiger partial charge < -0.3 is 14.4 Å². The summed E-state index contributed by atoms with van der Waals surface area (Å²) >= 11 is 0. The number of rotatable bonds is 4. The van der Waals surface area contributed by atoms with Crippen molar-refractivity contribution in [1.82, 2.24) is 10.1 Å². The van der Waals surface area contributed by atoms with Crippen LogP contribution in [0.25, 0.3) is 11.4 Å². The van der Waals surface area contributed by atoms with E-state index in [4.69, 9.17) is 4.74 Å². The lowest BCUT2D eigenvalue weighted by Gasteiger charge is -2.40. The van der Waals surface area contributed by atoms with E-state index in [1.54, 1.807) is 24.3 Å². The molecule has 0 atom stereocenters. The molecule has 0 saturated heterocycles. The molecule has 1 aliphatic carbocycles. The van der Waals surface area contributed by atoms with Gasteiger partial charge in [0.15, 0.2) is 0 Å². The van der Waals surface area contributed by atoms with Gasteiger partial charge in [-0.15, -0.1) is 0 Å². The number of aliphatic hydroxyl groups is 1. The van der Waals surface area contributed by atoms with Crippen LogP contribution in [0.5, 0.6) is 5.75 Å². The summed E-state index contributed by atoms with van der Waals surface area (Å²) in [6.45, 7) is 0. The van der Waals surface area contributed by atoms with Gasteiger partial charge in [-0.25, -0.2) is 0 Å². The van der Waals surface area contributed by atoms with Gasteiger partial charge in [-0.05, 0) is 31.4 Å². The van der Waals surface area contributed by atoms with E-state index in [1.807, 2.05) is 0 Å². The van der Waals surface area contributed by atoms with Crippen LogP contribution in [0.2, 0.25) is 0 Å². The van der Waals surface area contributed by atoms with Gasteiger partial charge in [0.05, 0.1) is 12.7 Å². The third-order valence-electron chi connectivity index (χ3n) is 3.81. The topological polar surface area (TPSA) is 68.4 Å². The van der Waals surface area contributed by atoms with Gasteiger partial charge in [0.25, 0.3) is 0 Å². The molecule has 0 radical (unpaired) electrons. The van der Waals surface area contributed by atoms with Crippen molar-refractivity contribution in [2.75, 3.05) is 7.11 Å². The number of para-hydroxylation sites is 1. The zero-order chi connectivity index (χ0) is 15.1. The molecule has 1 aromatic carbocycles. The van der Waals surface area contributed by atoms with Crippen molar-refractivity contribution in [3.05, 3.63) is 30.2 Å². The van der Waals surface area contributed by atoms with Crippen molar-refractivity contribution in [2.45, 2.75) is 30.8 Å². The van der Waals surface area contributed by atoms with Crippen molar-refractivity contribution in [2.24, 2.45) is 0 Å². The van der Waals surface area contributed by atoms with E-state index in [0.29, 0.717) is 17.7 Å². The van der Waals surface area contributed by atoms with Gasteiger partial charge in [0.2, 0.25) is 5.82 Å². The van der Waals surface area contributed by atoms with Crippen LogP contribution in [0.15, 0.2) is 28.8 Å². The summed E-state index contributed by atoms with van der Waals surface area (Å²) in [5.74, 6) is -3.97. The highest BCUT2D eigenvalue weighted by Crippen LogP contribution is 2.49. The van der Waals surface area contributed by atoms with Crippen LogP contribution < -0.4 is 4.74 Å². The smallest absolute Gasteiger partial charge is 0.352 e. The number of alkyl halides is 2. The molecule has 112 valence electrons. The van der Waals surface area contributed by atoms with E-state index >= 15 is 0 Å². The molecular weight excluding hydrogens is 282 g/mol. The number of benzene rings is 1. The highest BCUT2D eigenvalue weighted by atomic mass is 19.3. The van der Waals surface area contributed by atoms with Crippen LogP contribution >= 0.6 is 0 Å². The minimum Gasteiger partial charge on any atom is -0.496 e. The van der Waals surface area contributed by atoms with Gasteiger partial charge in [0, 0.05) is 0 Å². The molecule has 1 heterocycles. The van der Waals surface area contributed by atoms with Gasteiger partial charge >= 0.3 is 11.8 Å². The maximum atomic E-state index is 14.2. The Hall–Kier alpha value is -2.02. The van der Waals surface area contributed by atoms with E-state index in [2.05, 4.69) is 14.7 Å². The normalized spacial score (nSPS) is 17.3. The molecule has 1 N–H and O–H groups in total. The number of halogens is 2. The van der Waals surface area contributed by atoms with Gasteiger partial charge in [-0.2, -0.15) is 13.8 Å². The lowest BCUT2D eigenvalue weighted by Crippen LogP contribution is -2.51. The molecule has 0 amide bonds. The Bertz CT molecular complexity index is 653. The third-order valence-corrected chi connectivity index (χ3v) is 3.81. The van der Waals surface area contributed by atoms with Gasteiger partial charge in [0.1, 0.15) is 11.4 Å². The fraction of sp³-hybridized carbons (Fsp3) is 0.429. The first-order valence-electron chi connectivity index (χ1n) is 6.56. The van der Waals surface area contributed by atoms with Crippen LogP contribution in [0.4, 0.5) is 8.78 Å². The second kappa shape index (κ2) is 4.77. The quantitative estimate of drug-likeness (QED) is 0.939. The van der Waals surface area contributed by atoms with Crippen LogP contribution in [-0.4, -0.2) is 28.0 Å². The van der Waals surface area contributed by atoms with E-state index in [1.165, 1.54) is 7.11 Å². The lowest BCUT2D eigenvalue weighted by molar-refractivity contribution is -0.235. The number of hydrogen-bond acceptors (Lipinski definition) is 5. The molecule has 1 saturated carbocycles. The Balaban J connectivity index is 1.97. The summed E-state index contributed by atoms with van der Waals surface area (Å²) in [5, 5.41) is 13.4. The second-order valence-corrected chi connectivity index (χ2v) is 5.08. The SMILES string of the molecule is COc1ccccc1-c1noc(C(F)(F)C2(O)CCC2)n1. The zero-order valence-electron chi connectivity index (χ0n) is 11.3. The molecule has 1 fully saturated rings. The van der Waals surface area contributed by atoms with E-state index < -0.39 is 17.4 Å². The third kappa shape index (κ3) is 2.08. The lowest BCUT2D eigenvalue weighted by atomic mass is 9.75. The Morgan fingerprint density at radius 1 is 1.33 bits per heavy atom. The van der Waals surface area contributed by atoms with Crippen LogP contribution in [0.3, 0.4) is 0 Å². The highest BCUT2D eigenvalue weighted by molar-refractivity contribution is 5.63. The van der Waals surface area contributed by atoms with E-state index in [0.717, 1.165) is 0 Å². The van der Waals surface area contributed by atoms with Crippen molar-refractivity contribution >= 4 is 0 Å². The first-order valence-corrected chi connectivity index (χ1v) is 6.56. The summed E-state index contributed by atoms with van der Waals surface area (Å²) in [4.78, 5) is 3.74. The Morgan fingerprint density at radius 3 is 2.67 bits per heavy atom. The van der Waals surface area contributed by atoms with Gasteiger partial charge in [-0.3, -0.25) is 0 Å². The van der Waals surface area contributed by atoms with Crippen molar-refractivity contribution in [3.8, 4) is 17.1 Å². The maximum Gasteiger partial charge on any atom is 0.352 e. The van der Waals surface area contributed by atoms with E-state index in [-0.39, 0.29) is 18.7 Å². The monoisotopic (exact) mass is 296 g/mol. The van der Waals surface area contributed by atoms with E-state index in [9.17, 15) is 13.9 Å². The molecule has 1 aromatic heterocycles. The predicted octanol–water partition coefficient (Wildman–Crippen LogP) is 2.75. The molecule has 2 aromatic rings. The summed E-state index contributed by atoms with van der Waals surface area (Å²) in [6.07, 6.45) is 0.596. The average molecular weight is 296 g/mol. The maximum absolute atomic E-state index is 14.2. The van der Waals surface area contributed by atoms with Crippen molar-refractivity contribution in [1.29, 1.82) is 0 Å². The number of nitrogens with zero attached hydrogens (tertiary/aromatic N) is 2. The molecule has 5 nitrogen and oxygen atoms in total. The van der Waals surface area contributed by atoms with Gasteiger partial charge in [-0.1, -0.05) is 17.3 Å². The Labute approximate surface area is 119 Å². The van der Waals surface area contributed by atoms with Crippen LogP contribution in [0.1, 0.15) is 25.2 Å². The predicted molar refractivity (Wildman–Crippen MR) is 69.0 cm³/mol. The zero-order valence-corrected chi connectivity index (χ0v) is 11.3. The number of methoxy groups -OCH3 is 1. The second-order valence-electron chi connectivity index (χ2n) is 5.08. The molecular formula is C14H14F2N2O3. The Morgan fingerprint density at radius 2 is 2.05 bits per heavy atom. The summed E-state index contributed by atoms with van der Waals surface area (Å²) in [5.41, 5.74) is -1.64. The average Bonchev–Trinajstić information content (AvgIpc) is 2.94.